The number of aromatic amines is 1. The number of ether oxygens (including phenoxy) is 2. The Balaban J connectivity index is 1.59. The van der Waals surface area contributed by atoms with Crippen LogP contribution in [0.1, 0.15) is 49.6 Å². The lowest BCUT2D eigenvalue weighted by Gasteiger charge is -2.28. The predicted octanol–water partition coefficient (Wildman–Crippen LogP) is 4.25. The van der Waals surface area contributed by atoms with E-state index < -0.39 is 35.9 Å². The van der Waals surface area contributed by atoms with Gasteiger partial charge in [0.1, 0.15) is 23.9 Å². The molecule has 0 unspecified atom stereocenters. The van der Waals surface area contributed by atoms with Crippen LogP contribution in [0, 0.1) is 5.92 Å². The third kappa shape index (κ3) is 9.22. The second-order valence-corrected chi connectivity index (χ2v) is 11.8. The number of H-pyrrole nitrogens is 1. The van der Waals surface area contributed by atoms with Crippen LogP contribution in [0.25, 0.3) is 10.9 Å². The summed E-state index contributed by atoms with van der Waals surface area (Å²) < 4.78 is 10.4. The normalized spacial score (nSPS) is 13.6. The molecule has 3 aromatic carbocycles. The molecule has 0 aliphatic heterocycles. The van der Waals surface area contributed by atoms with Crippen LogP contribution in [0.15, 0.2) is 78.9 Å². The Morgan fingerprint density at radius 1 is 0.766 bits per heavy atom. The SMILES string of the molecule is CC[C@H](C)[C@H](NC(=O)[C@H](Cc1ccccc1)NC(C)=O)C(=O)N[C@@H](Cc1c(Cc2ccc(OC)cc2)[nH]c2ccccc12)C(=O)OC. The molecule has 0 aliphatic carbocycles. The molecule has 1 aromatic heterocycles. The summed E-state index contributed by atoms with van der Waals surface area (Å²) >= 11 is 0. The highest BCUT2D eigenvalue weighted by atomic mass is 16.5. The number of carbonyl (C=O) groups excluding carboxylic acids is 4. The summed E-state index contributed by atoms with van der Waals surface area (Å²) in [5.41, 5.74) is 4.60. The molecule has 0 aliphatic rings. The average molecular weight is 641 g/mol. The largest absolute Gasteiger partial charge is 0.497 e. The van der Waals surface area contributed by atoms with Crippen molar-refractivity contribution in [3.05, 3.63) is 101 Å². The molecule has 1 heterocycles. The summed E-state index contributed by atoms with van der Waals surface area (Å²) in [6.45, 7) is 5.12. The summed E-state index contributed by atoms with van der Waals surface area (Å²) in [4.78, 5) is 56.1. The Bertz CT molecular complexity index is 1670. The molecule has 0 saturated carbocycles. The predicted molar refractivity (Wildman–Crippen MR) is 181 cm³/mol. The maximum Gasteiger partial charge on any atom is 0.328 e. The molecule has 3 amide bonds. The van der Waals surface area contributed by atoms with Crippen LogP contribution in [-0.2, 0) is 43.2 Å². The number of nitrogens with one attached hydrogen (secondary N) is 4. The van der Waals surface area contributed by atoms with Crippen molar-refractivity contribution in [2.45, 2.75) is 64.6 Å². The summed E-state index contributed by atoms with van der Waals surface area (Å²) in [5, 5.41) is 9.39. The summed E-state index contributed by atoms with van der Waals surface area (Å²) in [6.07, 6.45) is 1.56. The van der Waals surface area contributed by atoms with Crippen LogP contribution in [0.4, 0.5) is 0 Å². The molecular weight excluding hydrogens is 596 g/mol. The molecule has 248 valence electrons. The highest BCUT2D eigenvalue weighted by molar-refractivity contribution is 5.94. The molecule has 0 saturated heterocycles. The molecular formula is C37H44N4O6. The lowest BCUT2D eigenvalue weighted by atomic mass is 9.95. The van der Waals surface area contributed by atoms with E-state index in [1.165, 1.54) is 14.0 Å². The van der Waals surface area contributed by atoms with Crippen molar-refractivity contribution < 1.29 is 28.7 Å². The van der Waals surface area contributed by atoms with Gasteiger partial charge in [0.2, 0.25) is 17.7 Å². The minimum absolute atomic E-state index is 0.164. The highest BCUT2D eigenvalue weighted by Crippen LogP contribution is 2.27. The van der Waals surface area contributed by atoms with Gasteiger partial charge < -0.3 is 30.4 Å². The van der Waals surface area contributed by atoms with E-state index in [9.17, 15) is 19.2 Å². The molecule has 0 fully saturated rings. The van der Waals surface area contributed by atoms with Crippen molar-refractivity contribution >= 4 is 34.6 Å². The first-order valence-electron chi connectivity index (χ1n) is 15.8. The molecule has 4 atom stereocenters. The fourth-order valence-corrected chi connectivity index (χ4v) is 5.65. The molecule has 0 radical (unpaired) electrons. The first-order chi connectivity index (χ1) is 22.6. The van der Waals surface area contributed by atoms with Gasteiger partial charge in [0.05, 0.1) is 14.2 Å². The van der Waals surface area contributed by atoms with Crippen molar-refractivity contribution in [2.24, 2.45) is 5.92 Å². The number of esters is 1. The molecule has 4 N–H and O–H groups in total. The maximum absolute atomic E-state index is 13.9. The fraction of sp³-hybridized carbons (Fsp3) is 0.351. The van der Waals surface area contributed by atoms with Gasteiger partial charge in [-0.05, 0) is 40.8 Å². The van der Waals surface area contributed by atoms with Gasteiger partial charge in [0, 0.05) is 42.8 Å². The first kappa shape index (κ1) is 34.7. The standard InChI is InChI=1S/C37H44N4O6/c1-6-23(2)34(41-35(43)32(38-24(3)42)21-25-12-8-7-9-13-25)36(44)40-33(37(45)47-5)22-29-28-14-10-11-15-30(28)39-31(29)20-26-16-18-27(46-4)19-17-26/h7-19,23,32-34,39H,6,20-22H2,1-5H3,(H,38,42)(H,40,44)(H,41,43)/t23-,32-,33-,34-/m0/s1. The van der Waals surface area contributed by atoms with Gasteiger partial charge in [-0.25, -0.2) is 4.79 Å². The fourth-order valence-electron chi connectivity index (χ4n) is 5.65. The van der Waals surface area contributed by atoms with E-state index in [1.807, 2.05) is 92.7 Å². The number of para-hydroxylation sites is 1. The molecule has 47 heavy (non-hydrogen) atoms. The van der Waals surface area contributed by atoms with Crippen LogP contribution in [0.2, 0.25) is 0 Å². The monoisotopic (exact) mass is 640 g/mol. The molecule has 4 rings (SSSR count). The highest BCUT2D eigenvalue weighted by Gasteiger charge is 2.33. The van der Waals surface area contributed by atoms with Gasteiger partial charge in [-0.3, -0.25) is 14.4 Å². The van der Waals surface area contributed by atoms with Gasteiger partial charge in [-0.2, -0.15) is 0 Å². The van der Waals surface area contributed by atoms with Crippen LogP contribution in [0.3, 0.4) is 0 Å². The smallest absolute Gasteiger partial charge is 0.328 e. The van der Waals surface area contributed by atoms with Crippen molar-refractivity contribution in [1.82, 2.24) is 20.9 Å². The first-order valence-corrected chi connectivity index (χ1v) is 15.8. The lowest BCUT2D eigenvalue weighted by Crippen LogP contribution is -2.58. The van der Waals surface area contributed by atoms with E-state index in [2.05, 4.69) is 20.9 Å². The topological polar surface area (TPSA) is 139 Å². The number of carbonyl (C=O) groups is 4. The van der Waals surface area contributed by atoms with Gasteiger partial charge in [0.25, 0.3) is 0 Å². The second-order valence-electron chi connectivity index (χ2n) is 11.8. The lowest BCUT2D eigenvalue weighted by molar-refractivity contribution is -0.145. The van der Waals surface area contributed by atoms with E-state index in [4.69, 9.17) is 9.47 Å². The maximum atomic E-state index is 13.9. The zero-order valence-corrected chi connectivity index (χ0v) is 27.6. The van der Waals surface area contributed by atoms with Crippen LogP contribution < -0.4 is 20.7 Å². The summed E-state index contributed by atoms with van der Waals surface area (Å²) in [6, 6.07) is 22.0. The third-order valence-corrected chi connectivity index (χ3v) is 8.42. The minimum Gasteiger partial charge on any atom is -0.497 e. The van der Waals surface area contributed by atoms with Crippen molar-refractivity contribution in [1.29, 1.82) is 0 Å². The van der Waals surface area contributed by atoms with Gasteiger partial charge in [-0.15, -0.1) is 0 Å². The number of benzene rings is 3. The van der Waals surface area contributed by atoms with Gasteiger partial charge in [0.15, 0.2) is 0 Å². The quantitative estimate of drug-likeness (QED) is 0.143. The van der Waals surface area contributed by atoms with E-state index in [0.29, 0.717) is 12.8 Å². The summed E-state index contributed by atoms with van der Waals surface area (Å²) in [7, 11) is 2.90. The Hall–Kier alpha value is -5.12. The molecule has 0 bridgehead atoms. The number of methoxy groups -OCH3 is 2. The zero-order valence-electron chi connectivity index (χ0n) is 27.6. The third-order valence-electron chi connectivity index (χ3n) is 8.42. The number of rotatable bonds is 15. The summed E-state index contributed by atoms with van der Waals surface area (Å²) in [5.74, 6) is -1.48. The average Bonchev–Trinajstić information content (AvgIpc) is 3.42. The van der Waals surface area contributed by atoms with Crippen LogP contribution in [-0.4, -0.2) is 61.0 Å². The Morgan fingerprint density at radius 3 is 2.09 bits per heavy atom. The van der Waals surface area contributed by atoms with E-state index >= 15 is 0 Å². The number of hydrogen-bond acceptors (Lipinski definition) is 6. The molecule has 10 nitrogen and oxygen atoms in total. The zero-order chi connectivity index (χ0) is 33.9. The molecule has 10 heteroatoms. The molecule has 4 aromatic rings. The van der Waals surface area contributed by atoms with Gasteiger partial charge in [-0.1, -0.05) is 80.9 Å². The van der Waals surface area contributed by atoms with E-state index in [1.54, 1.807) is 7.11 Å². The number of aromatic nitrogens is 1. The Kier molecular flexibility index (Phi) is 12.2. The minimum atomic E-state index is -1.03. The van der Waals surface area contributed by atoms with Crippen LogP contribution >= 0.6 is 0 Å². The van der Waals surface area contributed by atoms with Crippen LogP contribution in [0.5, 0.6) is 5.75 Å². The van der Waals surface area contributed by atoms with Crippen molar-refractivity contribution in [3.8, 4) is 5.75 Å². The van der Waals surface area contributed by atoms with Gasteiger partial charge >= 0.3 is 5.97 Å². The van der Waals surface area contributed by atoms with E-state index in [0.717, 1.165) is 39.0 Å². The van der Waals surface area contributed by atoms with E-state index in [-0.39, 0.29) is 24.7 Å². The Morgan fingerprint density at radius 2 is 1.45 bits per heavy atom. The number of fused-ring (bicyclic) bond motifs is 1. The second kappa shape index (κ2) is 16.4. The Labute approximate surface area is 275 Å². The number of hydrogen-bond donors (Lipinski definition) is 4. The molecule has 0 spiro atoms. The van der Waals surface area contributed by atoms with Crippen molar-refractivity contribution in [3.63, 3.8) is 0 Å². The number of amides is 3. The van der Waals surface area contributed by atoms with Crippen molar-refractivity contribution in [2.75, 3.05) is 14.2 Å².